The van der Waals surface area contributed by atoms with Gasteiger partial charge in [0, 0.05) is 6.54 Å². The number of hydrogen-bond donors (Lipinski definition) is 0. The van der Waals surface area contributed by atoms with Crippen LogP contribution in [0, 0.1) is 5.92 Å². The number of ether oxygens (including phenoxy) is 1. The van der Waals surface area contributed by atoms with Crippen molar-refractivity contribution < 1.29 is 9.53 Å². The SMILES string of the molecule is CCC1CCCN(CCC(=O)OC)CC1. The molecule has 0 aliphatic carbocycles. The molecule has 3 heteroatoms. The average molecular weight is 213 g/mol. The molecule has 1 rings (SSSR count). The highest BCUT2D eigenvalue weighted by atomic mass is 16.5. The van der Waals surface area contributed by atoms with Crippen molar-refractivity contribution in [1.82, 2.24) is 4.90 Å². The molecule has 0 aromatic heterocycles. The van der Waals surface area contributed by atoms with Crippen LogP contribution in [0.3, 0.4) is 0 Å². The Morgan fingerprint density at radius 1 is 1.40 bits per heavy atom. The van der Waals surface area contributed by atoms with Gasteiger partial charge >= 0.3 is 5.97 Å². The first kappa shape index (κ1) is 12.5. The van der Waals surface area contributed by atoms with Crippen LogP contribution in [-0.2, 0) is 9.53 Å². The summed E-state index contributed by atoms with van der Waals surface area (Å²) in [7, 11) is 1.46. The Labute approximate surface area is 92.8 Å². The van der Waals surface area contributed by atoms with Crippen LogP contribution < -0.4 is 0 Å². The number of carbonyl (C=O) groups is 1. The van der Waals surface area contributed by atoms with Crippen LogP contribution in [0.15, 0.2) is 0 Å². The van der Waals surface area contributed by atoms with E-state index in [1.807, 2.05) is 0 Å². The number of rotatable bonds is 4. The smallest absolute Gasteiger partial charge is 0.306 e. The normalized spacial score (nSPS) is 23.5. The Bertz CT molecular complexity index is 194. The molecule has 1 saturated heterocycles. The molecule has 1 unspecified atom stereocenters. The van der Waals surface area contributed by atoms with E-state index in [-0.39, 0.29) is 5.97 Å². The lowest BCUT2D eigenvalue weighted by Gasteiger charge is -2.19. The molecular formula is C12H23NO2. The number of likely N-dealkylation sites (tertiary alicyclic amines) is 1. The predicted octanol–water partition coefficient (Wildman–Crippen LogP) is 2.06. The molecule has 0 aromatic rings. The zero-order valence-electron chi connectivity index (χ0n) is 10.00. The summed E-state index contributed by atoms with van der Waals surface area (Å²) in [6.45, 7) is 5.43. The third-order valence-electron chi connectivity index (χ3n) is 3.38. The molecule has 1 atom stereocenters. The molecule has 0 N–H and O–H groups in total. The van der Waals surface area contributed by atoms with Crippen LogP contribution in [0.25, 0.3) is 0 Å². The van der Waals surface area contributed by atoms with Gasteiger partial charge in [0.2, 0.25) is 0 Å². The van der Waals surface area contributed by atoms with Crippen LogP contribution >= 0.6 is 0 Å². The highest BCUT2D eigenvalue weighted by molar-refractivity contribution is 5.69. The topological polar surface area (TPSA) is 29.5 Å². The highest BCUT2D eigenvalue weighted by Crippen LogP contribution is 2.20. The first-order valence-corrected chi connectivity index (χ1v) is 6.05. The summed E-state index contributed by atoms with van der Waals surface area (Å²) in [5, 5.41) is 0. The third kappa shape index (κ3) is 4.65. The molecule has 1 aliphatic heterocycles. The summed E-state index contributed by atoms with van der Waals surface area (Å²) in [6, 6.07) is 0. The maximum atomic E-state index is 11.0. The van der Waals surface area contributed by atoms with Crippen molar-refractivity contribution in [3.63, 3.8) is 0 Å². The van der Waals surface area contributed by atoms with Gasteiger partial charge < -0.3 is 9.64 Å². The standard InChI is InChI=1S/C12H23NO2/c1-3-11-5-4-8-13(9-6-11)10-7-12(14)15-2/h11H,3-10H2,1-2H3. The fourth-order valence-corrected chi connectivity index (χ4v) is 2.21. The first-order valence-electron chi connectivity index (χ1n) is 6.05. The summed E-state index contributed by atoms with van der Waals surface area (Å²) in [5.41, 5.74) is 0. The predicted molar refractivity (Wildman–Crippen MR) is 60.7 cm³/mol. The van der Waals surface area contributed by atoms with Gasteiger partial charge in [0.15, 0.2) is 0 Å². The van der Waals surface area contributed by atoms with Gasteiger partial charge in [-0.2, -0.15) is 0 Å². The summed E-state index contributed by atoms with van der Waals surface area (Å²) >= 11 is 0. The van der Waals surface area contributed by atoms with Crippen molar-refractivity contribution in [3.8, 4) is 0 Å². The second-order valence-electron chi connectivity index (χ2n) is 4.37. The van der Waals surface area contributed by atoms with E-state index in [9.17, 15) is 4.79 Å². The van der Waals surface area contributed by atoms with Crippen molar-refractivity contribution in [1.29, 1.82) is 0 Å². The second-order valence-corrected chi connectivity index (χ2v) is 4.37. The van der Waals surface area contributed by atoms with Gasteiger partial charge in [0.1, 0.15) is 0 Å². The van der Waals surface area contributed by atoms with Crippen molar-refractivity contribution in [2.45, 2.75) is 39.0 Å². The third-order valence-corrected chi connectivity index (χ3v) is 3.38. The van der Waals surface area contributed by atoms with E-state index < -0.39 is 0 Å². The van der Waals surface area contributed by atoms with Gasteiger partial charge in [-0.25, -0.2) is 0 Å². The van der Waals surface area contributed by atoms with Gasteiger partial charge in [-0.1, -0.05) is 13.3 Å². The number of methoxy groups -OCH3 is 1. The van der Waals surface area contributed by atoms with Gasteiger partial charge in [0.25, 0.3) is 0 Å². The van der Waals surface area contributed by atoms with E-state index in [2.05, 4.69) is 16.6 Å². The minimum Gasteiger partial charge on any atom is -0.469 e. The van der Waals surface area contributed by atoms with E-state index in [4.69, 9.17) is 0 Å². The van der Waals surface area contributed by atoms with Gasteiger partial charge in [-0.3, -0.25) is 4.79 Å². The zero-order valence-corrected chi connectivity index (χ0v) is 10.00. The molecule has 88 valence electrons. The minimum atomic E-state index is -0.0914. The number of hydrogen-bond acceptors (Lipinski definition) is 3. The number of nitrogens with zero attached hydrogens (tertiary/aromatic N) is 1. The van der Waals surface area contributed by atoms with Gasteiger partial charge in [-0.15, -0.1) is 0 Å². The van der Waals surface area contributed by atoms with Crippen molar-refractivity contribution in [3.05, 3.63) is 0 Å². The molecule has 0 spiro atoms. The van der Waals surface area contributed by atoms with E-state index in [1.54, 1.807) is 0 Å². The molecule has 1 aliphatic rings. The monoisotopic (exact) mass is 213 g/mol. The molecule has 1 fully saturated rings. The molecule has 1 heterocycles. The van der Waals surface area contributed by atoms with Crippen LogP contribution in [0.5, 0.6) is 0 Å². The van der Waals surface area contributed by atoms with Gasteiger partial charge in [-0.05, 0) is 38.3 Å². The van der Waals surface area contributed by atoms with Crippen molar-refractivity contribution >= 4 is 5.97 Å². The molecule has 0 saturated carbocycles. The maximum Gasteiger partial charge on any atom is 0.306 e. The van der Waals surface area contributed by atoms with Gasteiger partial charge in [0.05, 0.1) is 13.5 Å². The average Bonchev–Trinajstić information content (AvgIpc) is 2.50. The quantitative estimate of drug-likeness (QED) is 0.669. The maximum absolute atomic E-state index is 11.0. The second kappa shape index (κ2) is 6.83. The van der Waals surface area contributed by atoms with E-state index >= 15 is 0 Å². The zero-order chi connectivity index (χ0) is 11.1. The van der Waals surface area contributed by atoms with Crippen LogP contribution in [0.4, 0.5) is 0 Å². The Balaban J connectivity index is 2.22. The molecule has 0 amide bonds. The highest BCUT2D eigenvalue weighted by Gasteiger charge is 2.16. The fourth-order valence-electron chi connectivity index (χ4n) is 2.21. The number of esters is 1. The summed E-state index contributed by atoms with van der Waals surface area (Å²) in [5.74, 6) is 0.805. The Hall–Kier alpha value is -0.570. The van der Waals surface area contributed by atoms with Crippen molar-refractivity contribution in [2.24, 2.45) is 5.92 Å². The lowest BCUT2D eigenvalue weighted by Crippen LogP contribution is -2.27. The van der Waals surface area contributed by atoms with Crippen LogP contribution in [0.1, 0.15) is 39.0 Å². The number of carbonyl (C=O) groups excluding carboxylic acids is 1. The molecule has 0 bridgehead atoms. The largest absolute Gasteiger partial charge is 0.469 e. The van der Waals surface area contributed by atoms with Crippen molar-refractivity contribution in [2.75, 3.05) is 26.7 Å². The molecule has 0 aromatic carbocycles. The molecular weight excluding hydrogens is 190 g/mol. The lowest BCUT2D eigenvalue weighted by atomic mass is 9.98. The first-order chi connectivity index (χ1) is 7.26. The Kier molecular flexibility index (Phi) is 5.69. The Morgan fingerprint density at radius 2 is 2.20 bits per heavy atom. The summed E-state index contributed by atoms with van der Waals surface area (Å²) in [6.07, 6.45) is 5.75. The van der Waals surface area contributed by atoms with Crippen LogP contribution in [-0.4, -0.2) is 37.6 Å². The van der Waals surface area contributed by atoms with E-state index in [0.717, 1.165) is 25.6 Å². The van der Waals surface area contributed by atoms with E-state index in [0.29, 0.717) is 6.42 Å². The molecule has 0 radical (unpaired) electrons. The summed E-state index contributed by atoms with van der Waals surface area (Å²) < 4.78 is 4.65. The lowest BCUT2D eigenvalue weighted by molar-refractivity contribution is -0.140. The van der Waals surface area contributed by atoms with Crippen LogP contribution in [0.2, 0.25) is 0 Å². The molecule has 3 nitrogen and oxygen atoms in total. The van der Waals surface area contributed by atoms with E-state index in [1.165, 1.54) is 32.8 Å². The fraction of sp³-hybridized carbons (Fsp3) is 0.917. The minimum absolute atomic E-state index is 0.0914. The molecule has 15 heavy (non-hydrogen) atoms. The summed E-state index contributed by atoms with van der Waals surface area (Å²) in [4.78, 5) is 13.4. The Morgan fingerprint density at radius 3 is 2.87 bits per heavy atom.